The molecule has 1 aliphatic carbocycles. The van der Waals surface area contributed by atoms with Crippen molar-refractivity contribution in [2.75, 3.05) is 0 Å². The summed E-state index contributed by atoms with van der Waals surface area (Å²) in [6, 6.07) is 0. The van der Waals surface area contributed by atoms with Crippen molar-refractivity contribution < 1.29 is 14.6 Å². The fourth-order valence-corrected chi connectivity index (χ4v) is 6.09. The molecular formula is C20H32O3. The zero-order chi connectivity index (χ0) is 16.6. The molecular weight excluding hydrogens is 288 g/mol. The van der Waals surface area contributed by atoms with E-state index in [9.17, 15) is 5.11 Å². The first-order chi connectivity index (χ1) is 10.7. The van der Waals surface area contributed by atoms with E-state index >= 15 is 0 Å². The summed E-state index contributed by atoms with van der Waals surface area (Å²) >= 11 is 0. The molecule has 4 bridgehead atoms. The van der Waals surface area contributed by atoms with Crippen LogP contribution in [0.3, 0.4) is 0 Å². The molecule has 4 fully saturated rings. The van der Waals surface area contributed by atoms with Crippen LogP contribution in [0.1, 0.15) is 59.8 Å². The maximum Gasteiger partial charge on any atom is 0.0924 e. The van der Waals surface area contributed by atoms with Crippen LogP contribution < -0.4 is 0 Å². The van der Waals surface area contributed by atoms with Gasteiger partial charge in [-0.05, 0) is 57.3 Å². The lowest BCUT2D eigenvalue weighted by atomic mass is 9.61. The molecule has 3 heterocycles. The third-order valence-electron chi connectivity index (χ3n) is 7.33. The SMILES string of the molecule is C=C1CC[C@H](C(C)C)[C@@H]2[C@H]1[C@H]1C[C@](C)(O)[C@@H]3CC[C@@](C)(O3)[C@@H]2O1. The second-order valence-corrected chi connectivity index (χ2v) is 9.32. The normalized spacial score (nSPS) is 55.7. The fourth-order valence-electron chi connectivity index (χ4n) is 6.09. The maximum atomic E-state index is 11.0. The monoisotopic (exact) mass is 320 g/mol. The van der Waals surface area contributed by atoms with Crippen molar-refractivity contribution in [2.45, 2.75) is 89.3 Å². The lowest BCUT2D eigenvalue weighted by Gasteiger charge is -2.43. The molecule has 0 radical (unpaired) electrons. The van der Waals surface area contributed by atoms with Crippen molar-refractivity contribution >= 4 is 0 Å². The summed E-state index contributed by atoms with van der Waals surface area (Å²) in [5.74, 6) is 2.22. The quantitative estimate of drug-likeness (QED) is 0.749. The van der Waals surface area contributed by atoms with Crippen LogP contribution in [0.15, 0.2) is 12.2 Å². The molecule has 1 N–H and O–H groups in total. The summed E-state index contributed by atoms with van der Waals surface area (Å²) in [6.07, 6.45) is 5.16. The first-order valence-electron chi connectivity index (χ1n) is 9.46. The molecule has 3 nitrogen and oxygen atoms in total. The summed E-state index contributed by atoms with van der Waals surface area (Å²) in [7, 11) is 0. The smallest absolute Gasteiger partial charge is 0.0924 e. The zero-order valence-corrected chi connectivity index (χ0v) is 15.0. The topological polar surface area (TPSA) is 38.7 Å². The van der Waals surface area contributed by atoms with Gasteiger partial charge in [-0.3, -0.25) is 0 Å². The van der Waals surface area contributed by atoms with Gasteiger partial charge in [-0.15, -0.1) is 0 Å². The molecule has 3 heteroatoms. The van der Waals surface area contributed by atoms with E-state index < -0.39 is 5.60 Å². The first-order valence-corrected chi connectivity index (χ1v) is 9.46. The van der Waals surface area contributed by atoms with Crippen molar-refractivity contribution in [3.8, 4) is 0 Å². The number of fused-ring (bicyclic) bond motifs is 8. The third kappa shape index (κ3) is 2.26. The van der Waals surface area contributed by atoms with Gasteiger partial charge in [-0.25, -0.2) is 0 Å². The fraction of sp³-hybridized carbons (Fsp3) is 0.900. The van der Waals surface area contributed by atoms with Gasteiger partial charge in [0.1, 0.15) is 0 Å². The molecule has 0 aromatic carbocycles. The van der Waals surface area contributed by atoms with E-state index in [1.807, 2.05) is 6.92 Å². The summed E-state index contributed by atoms with van der Waals surface area (Å²) in [6.45, 7) is 13.2. The Kier molecular flexibility index (Phi) is 3.54. The predicted molar refractivity (Wildman–Crippen MR) is 90.1 cm³/mol. The van der Waals surface area contributed by atoms with Gasteiger partial charge in [0.05, 0.1) is 29.5 Å². The van der Waals surface area contributed by atoms with E-state index in [2.05, 4.69) is 27.4 Å². The number of ether oxygens (including phenoxy) is 2. The third-order valence-corrected chi connectivity index (χ3v) is 7.33. The van der Waals surface area contributed by atoms with E-state index in [0.29, 0.717) is 30.1 Å². The lowest BCUT2D eigenvalue weighted by molar-refractivity contribution is -0.207. The Labute approximate surface area is 140 Å². The second-order valence-electron chi connectivity index (χ2n) is 9.32. The Bertz CT molecular complexity index is 511. The largest absolute Gasteiger partial charge is 0.387 e. The minimum absolute atomic E-state index is 0.0488. The number of hydrogen-bond donors (Lipinski definition) is 1. The van der Waals surface area contributed by atoms with Crippen LogP contribution in [0.2, 0.25) is 0 Å². The van der Waals surface area contributed by atoms with Crippen molar-refractivity contribution in [3.63, 3.8) is 0 Å². The van der Waals surface area contributed by atoms with E-state index in [1.54, 1.807) is 0 Å². The van der Waals surface area contributed by atoms with Crippen LogP contribution in [0, 0.1) is 23.7 Å². The lowest BCUT2D eigenvalue weighted by Crippen LogP contribution is -2.50. The minimum Gasteiger partial charge on any atom is -0.387 e. The van der Waals surface area contributed by atoms with Crippen LogP contribution in [0.4, 0.5) is 0 Å². The molecule has 4 aliphatic rings. The number of rotatable bonds is 1. The summed E-state index contributed by atoms with van der Waals surface area (Å²) in [5, 5.41) is 11.0. The molecule has 23 heavy (non-hydrogen) atoms. The molecule has 3 saturated heterocycles. The molecule has 130 valence electrons. The molecule has 0 aromatic rings. The average molecular weight is 320 g/mol. The van der Waals surface area contributed by atoms with Gasteiger partial charge in [0.25, 0.3) is 0 Å². The van der Waals surface area contributed by atoms with Crippen molar-refractivity contribution in [3.05, 3.63) is 12.2 Å². The van der Waals surface area contributed by atoms with E-state index in [-0.39, 0.29) is 23.9 Å². The Balaban J connectivity index is 1.78. The van der Waals surface area contributed by atoms with Crippen molar-refractivity contribution in [2.24, 2.45) is 23.7 Å². The van der Waals surface area contributed by atoms with E-state index in [1.165, 1.54) is 12.0 Å². The Morgan fingerprint density at radius 3 is 2.70 bits per heavy atom. The molecule has 1 saturated carbocycles. The van der Waals surface area contributed by atoms with E-state index in [0.717, 1.165) is 19.3 Å². The molecule has 0 spiro atoms. The number of aliphatic hydroxyl groups is 1. The van der Waals surface area contributed by atoms with E-state index in [4.69, 9.17) is 9.47 Å². The standard InChI is InChI=1S/C20H32O3/c1-11(2)13-7-6-12(3)16-14-10-19(4,21)15-8-9-20(5,23-15)18(22-14)17(13)16/h11,13-18,21H,3,6-10H2,1-2,4-5H3/t13-,14-,15+,16-,17-,18-,19+,20-/m1/s1. The second kappa shape index (κ2) is 5.06. The Morgan fingerprint density at radius 2 is 2.00 bits per heavy atom. The molecule has 3 aliphatic heterocycles. The van der Waals surface area contributed by atoms with Gasteiger partial charge in [-0.1, -0.05) is 26.0 Å². The maximum absolute atomic E-state index is 11.0. The summed E-state index contributed by atoms with van der Waals surface area (Å²) < 4.78 is 13.1. The molecule has 0 unspecified atom stereocenters. The summed E-state index contributed by atoms with van der Waals surface area (Å²) in [4.78, 5) is 0. The van der Waals surface area contributed by atoms with Gasteiger partial charge < -0.3 is 14.6 Å². The number of hydrogen-bond acceptors (Lipinski definition) is 3. The van der Waals surface area contributed by atoms with Crippen LogP contribution in [0.5, 0.6) is 0 Å². The van der Waals surface area contributed by atoms with Gasteiger partial charge in [0.15, 0.2) is 0 Å². The van der Waals surface area contributed by atoms with Crippen molar-refractivity contribution in [1.82, 2.24) is 0 Å². The Hall–Kier alpha value is -0.380. The highest BCUT2D eigenvalue weighted by atomic mass is 16.6. The highest BCUT2D eigenvalue weighted by Crippen LogP contribution is 2.58. The molecule has 0 amide bonds. The average Bonchev–Trinajstić information content (AvgIpc) is 3.02. The minimum atomic E-state index is -0.798. The van der Waals surface area contributed by atoms with Crippen molar-refractivity contribution in [1.29, 1.82) is 0 Å². The van der Waals surface area contributed by atoms with Crippen LogP contribution in [-0.2, 0) is 9.47 Å². The van der Waals surface area contributed by atoms with Gasteiger partial charge in [0, 0.05) is 12.3 Å². The van der Waals surface area contributed by atoms with Gasteiger partial charge >= 0.3 is 0 Å². The molecule has 8 atom stereocenters. The summed E-state index contributed by atoms with van der Waals surface area (Å²) in [5.41, 5.74) is 0.293. The van der Waals surface area contributed by atoms with Gasteiger partial charge in [0.2, 0.25) is 0 Å². The highest BCUT2D eigenvalue weighted by molar-refractivity contribution is 5.20. The van der Waals surface area contributed by atoms with Crippen LogP contribution in [-0.4, -0.2) is 34.6 Å². The Morgan fingerprint density at radius 1 is 1.26 bits per heavy atom. The zero-order valence-electron chi connectivity index (χ0n) is 15.0. The molecule has 4 rings (SSSR count). The van der Waals surface area contributed by atoms with Crippen LogP contribution >= 0.6 is 0 Å². The molecule has 0 aromatic heterocycles. The highest BCUT2D eigenvalue weighted by Gasteiger charge is 2.63. The van der Waals surface area contributed by atoms with Crippen LogP contribution in [0.25, 0.3) is 0 Å². The predicted octanol–water partition coefficient (Wildman–Crippen LogP) is 3.70. The van der Waals surface area contributed by atoms with Gasteiger partial charge in [-0.2, -0.15) is 0 Å². The first kappa shape index (κ1) is 16.1.